The second kappa shape index (κ2) is 9.08. The van der Waals surface area contributed by atoms with Crippen molar-refractivity contribution >= 4 is 23.7 Å². The van der Waals surface area contributed by atoms with E-state index in [1.807, 2.05) is 0 Å². The Balaban J connectivity index is 2.32. The van der Waals surface area contributed by atoms with E-state index in [0.29, 0.717) is 17.6 Å². The SMILES string of the molecule is COC(=O)C1=C(CF)NC(C)=C(C(=O)OC2CSC2)C1c1c(F)ccc(F)c1C(F)(F)F. The van der Waals surface area contributed by atoms with Gasteiger partial charge in [0.1, 0.15) is 24.4 Å². The maximum Gasteiger partial charge on any atom is 0.419 e. The summed E-state index contributed by atoms with van der Waals surface area (Å²) in [5.41, 5.74) is -5.41. The number of carbonyl (C=O) groups excluding carboxylic acids is 2. The number of rotatable bonds is 5. The molecule has 2 aliphatic heterocycles. The molecule has 0 aromatic heterocycles. The molecule has 1 fully saturated rings. The predicted molar refractivity (Wildman–Crippen MR) is 102 cm³/mol. The van der Waals surface area contributed by atoms with Crippen molar-refractivity contribution in [2.75, 3.05) is 25.3 Å². The van der Waals surface area contributed by atoms with Gasteiger partial charge in [0, 0.05) is 22.8 Å². The van der Waals surface area contributed by atoms with Crippen LogP contribution in [0, 0.1) is 11.6 Å². The number of nitrogens with one attached hydrogen (secondary N) is 1. The van der Waals surface area contributed by atoms with Crippen molar-refractivity contribution in [1.29, 1.82) is 0 Å². The molecular formula is C20H17F6NO4S. The van der Waals surface area contributed by atoms with E-state index in [0.717, 1.165) is 7.11 Å². The first-order chi connectivity index (χ1) is 15.0. The first-order valence-electron chi connectivity index (χ1n) is 9.20. The van der Waals surface area contributed by atoms with Gasteiger partial charge in [-0.05, 0) is 19.1 Å². The summed E-state index contributed by atoms with van der Waals surface area (Å²) in [5, 5.41) is 2.44. The first-order valence-corrected chi connectivity index (χ1v) is 10.4. The molecular weight excluding hydrogens is 464 g/mol. The van der Waals surface area contributed by atoms with Crippen LogP contribution in [0.25, 0.3) is 0 Å². The summed E-state index contributed by atoms with van der Waals surface area (Å²) in [5.74, 6) is -7.06. The highest BCUT2D eigenvalue weighted by Crippen LogP contribution is 2.46. The van der Waals surface area contributed by atoms with E-state index in [1.54, 1.807) is 0 Å². The molecule has 0 bridgehead atoms. The lowest BCUT2D eigenvalue weighted by atomic mass is 9.78. The van der Waals surface area contributed by atoms with Gasteiger partial charge in [-0.15, -0.1) is 0 Å². The van der Waals surface area contributed by atoms with Gasteiger partial charge in [0.25, 0.3) is 0 Å². The predicted octanol–water partition coefficient (Wildman–Crippen LogP) is 4.00. The highest BCUT2D eigenvalue weighted by Gasteiger charge is 2.47. The van der Waals surface area contributed by atoms with Gasteiger partial charge in [-0.25, -0.2) is 22.8 Å². The molecule has 1 aromatic rings. The number of dihydropyridines is 1. The van der Waals surface area contributed by atoms with E-state index < -0.39 is 76.4 Å². The molecule has 3 rings (SSSR count). The maximum atomic E-state index is 14.9. The topological polar surface area (TPSA) is 64.6 Å². The number of carbonyl (C=O) groups is 2. The third-order valence-corrected chi connectivity index (χ3v) is 6.21. The molecule has 0 aliphatic carbocycles. The van der Waals surface area contributed by atoms with E-state index in [9.17, 15) is 35.9 Å². The summed E-state index contributed by atoms with van der Waals surface area (Å²) < 4.78 is 94.1. The van der Waals surface area contributed by atoms with Crippen LogP contribution < -0.4 is 5.32 Å². The molecule has 0 amide bonds. The van der Waals surface area contributed by atoms with Gasteiger partial charge in [0.2, 0.25) is 0 Å². The number of halogens is 6. The first kappa shape index (κ1) is 24.0. The number of thioether (sulfide) groups is 1. The summed E-state index contributed by atoms with van der Waals surface area (Å²) >= 11 is 1.45. The molecule has 1 atom stereocenters. The number of ether oxygens (including phenoxy) is 2. The molecule has 12 heteroatoms. The summed E-state index contributed by atoms with van der Waals surface area (Å²) in [6.07, 6.45) is -5.93. The molecule has 0 radical (unpaired) electrons. The van der Waals surface area contributed by atoms with Crippen molar-refractivity contribution in [2.45, 2.75) is 25.1 Å². The Labute approximate surface area is 182 Å². The summed E-state index contributed by atoms with van der Waals surface area (Å²) in [7, 11) is 0.879. The van der Waals surface area contributed by atoms with Gasteiger partial charge < -0.3 is 14.8 Å². The molecule has 174 valence electrons. The van der Waals surface area contributed by atoms with Crippen LogP contribution in [0.3, 0.4) is 0 Å². The smallest absolute Gasteiger partial charge is 0.419 e. The van der Waals surface area contributed by atoms with Crippen LogP contribution in [-0.4, -0.2) is 43.3 Å². The largest absolute Gasteiger partial charge is 0.466 e. The molecule has 2 heterocycles. The molecule has 5 nitrogen and oxygen atoms in total. The fourth-order valence-corrected chi connectivity index (χ4v) is 4.11. The summed E-state index contributed by atoms with van der Waals surface area (Å²) in [6.45, 7) is -0.147. The van der Waals surface area contributed by atoms with E-state index in [-0.39, 0.29) is 11.8 Å². The fourth-order valence-electron chi connectivity index (χ4n) is 3.55. The monoisotopic (exact) mass is 481 g/mol. The van der Waals surface area contributed by atoms with Crippen molar-refractivity contribution in [3.8, 4) is 0 Å². The average molecular weight is 481 g/mol. The molecule has 1 aromatic carbocycles. The Morgan fingerprint density at radius 2 is 1.75 bits per heavy atom. The second-order valence-electron chi connectivity index (χ2n) is 6.99. The Bertz CT molecular complexity index is 1020. The van der Waals surface area contributed by atoms with Gasteiger partial charge in [-0.3, -0.25) is 0 Å². The summed E-state index contributed by atoms with van der Waals surface area (Å²) in [4.78, 5) is 25.4. The van der Waals surface area contributed by atoms with Crippen LogP contribution in [0.5, 0.6) is 0 Å². The maximum absolute atomic E-state index is 14.9. The minimum Gasteiger partial charge on any atom is -0.466 e. The zero-order chi connectivity index (χ0) is 23.8. The number of methoxy groups -OCH3 is 1. The lowest BCUT2D eigenvalue weighted by Gasteiger charge is -2.33. The number of hydrogen-bond acceptors (Lipinski definition) is 6. The quantitative estimate of drug-likeness (QED) is 0.507. The van der Waals surface area contributed by atoms with Crippen molar-refractivity contribution < 1.29 is 45.4 Å². The molecule has 0 saturated carbocycles. The number of hydrogen-bond donors (Lipinski definition) is 1. The van der Waals surface area contributed by atoms with E-state index in [2.05, 4.69) is 10.1 Å². The van der Waals surface area contributed by atoms with Crippen molar-refractivity contribution in [3.05, 3.63) is 57.4 Å². The van der Waals surface area contributed by atoms with Crippen LogP contribution in [0.1, 0.15) is 24.0 Å². The molecule has 2 aliphatic rings. The van der Waals surface area contributed by atoms with Gasteiger partial charge in [0.05, 0.1) is 35.4 Å². The van der Waals surface area contributed by atoms with Crippen LogP contribution >= 0.6 is 11.8 Å². The van der Waals surface area contributed by atoms with Crippen molar-refractivity contribution in [3.63, 3.8) is 0 Å². The standard InChI is InChI=1S/C20H17F6NO4S/c1-8-13(19(29)31-9-6-32-7-9)16(15(18(28)30-2)12(5-21)27-8)14-10(22)3-4-11(23)17(14)20(24,25)26/h3-4,9,16,27H,5-7H2,1-2H3. The second-order valence-corrected chi connectivity index (χ2v) is 8.07. The fraction of sp³-hybridized carbons (Fsp3) is 0.400. The van der Waals surface area contributed by atoms with Crippen LogP contribution in [0.2, 0.25) is 0 Å². The summed E-state index contributed by atoms with van der Waals surface area (Å²) in [6, 6.07) is 0.716. The number of alkyl halides is 4. The molecule has 1 unspecified atom stereocenters. The van der Waals surface area contributed by atoms with Gasteiger partial charge in [-0.1, -0.05) is 0 Å². The third kappa shape index (κ3) is 4.32. The molecule has 32 heavy (non-hydrogen) atoms. The lowest BCUT2D eigenvalue weighted by Crippen LogP contribution is -2.38. The third-order valence-electron chi connectivity index (χ3n) is 5.00. The Morgan fingerprint density at radius 1 is 1.12 bits per heavy atom. The number of benzene rings is 1. The van der Waals surface area contributed by atoms with Gasteiger partial charge >= 0.3 is 18.1 Å². The zero-order valence-corrected chi connectivity index (χ0v) is 17.6. The minimum absolute atomic E-state index is 0.163. The lowest BCUT2D eigenvalue weighted by molar-refractivity contribution is -0.144. The Morgan fingerprint density at radius 3 is 2.25 bits per heavy atom. The molecule has 1 saturated heterocycles. The van der Waals surface area contributed by atoms with Gasteiger partial charge in [-0.2, -0.15) is 24.9 Å². The number of allylic oxidation sites excluding steroid dienone is 2. The average Bonchev–Trinajstić information content (AvgIpc) is 2.69. The van der Waals surface area contributed by atoms with Gasteiger partial charge in [0.15, 0.2) is 0 Å². The number of esters is 2. The zero-order valence-electron chi connectivity index (χ0n) is 16.7. The van der Waals surface area contributed by atoms with Crippen molar-refractivity contribution in [2.24, 2.45) is 0 Å². The van der Waals surface area contributed by atoms with E-state index in [4.69, 9.17) is 4.74 Å². The molecule has 0 spiro atoms. The minimum atomic E-state index is -5.39. The Hall–Kier alpha value is -2.63. The van der Waals surface area contributed by atoms with E-state index in [1.165, 1.54) is 18.7 Å². The Kier molecular flexibility index (Phi) is 6.82. The van der Waals surface area contributed by atoms with E-state index >= 15 is 0 Å². The normalized spacial score (nSPS) is 19.4. The molecule has 1 N–H and O–H groups in total. The highest BCUT2D eigenvalue weighted by molar-refractivity contribution is 8.00. The highest BCUT2D eigenvalue weighted by atomic mass is 32.2. The van der Waals surface area contributed by atoms with Crippen molar-refractivity contribution in [1.82, 2.24) is 5.32 Å². The van der Waals surface area contributed by atoms with Crippen LogP contribution in [0.15, 0.2) is 34.7 Å². The van der Waals surface area contributed by atoms with Crippen LogP contribution in [-0.2, 0) is 25.2 Å². The van der Waals surface area contributed by atoms with Crippen LogP contribution in [0.4, 0.5) is 26.3 Å².